The maximum absolute atomic E-state index is 12.6. The molecule has 2 aliphatic rings. The number of nitrogens with one attached hydrogen (secondary N) is 1. The molecule has 0 radical (unpaired) electrons. The van der Waals surface area contributed by atoms with Crippen molar-refractivity contribution in [2.75, 3.05) is 6.61 Å². The van der Waals surface area contributed by atoms with Gasteiger partial charge in [0, 0.05) is 17.2 Å². The molecule has 1 amide bonds. The molecule has 110 valence electrons. The Balaban J connectivity index is 1.77. The number of hydrogen-bond donors (Lipinski definition) is 2. The van der Waals surface area contributed by atoms with Crippen LogP contribution in [0.1, 0.15) is 47.2 Å². The molecule has 1 aromatic carbocycles. The highest BCUT2D eigenvalue weighted by atomic mass is 16.2. The van der Waals surface area contributed by atoms with E-state index in [2.05, 4.69) is 17.2 Å². The standard InChI is InChI=1S/C18H21NO2/c1-12-13(5-3-11-20)4-2-6-16(12)18(21)19-17(14-7-8-14)15-9-10-15/h2,4,6,14-15,17,20H,7-11H2,1H3,(H,19,21). The van der Waals surface area contributed by atoms with Crippen molar-refractivity contribution in [1.29, 1.82) is 0 Å². The van der Waals surface area contributed by atoms with E-state index in [-0.39, 0.29) is 12.5 Å². The maximum Gasteiger partial charge on any atom is 0.251 e. The van der Waals surface area contributed by atoms with Gasteiger partial charge < -0.3 is 10.4 Å². The molecule has 1 aromatic rings. The monoisotopic (exact) mass is 283 g/mol. The summed E-state index contributed by atoms with van der Waals surface area (Å²) in [6, 6.07) is 5.95. The topological polar surface area (TPSA) is 49.3 Å². The van der Waals surface area contributed by atoms with E-state index in [0.29, 0.717) is 23.4 Å². The van der Waals surface area contributed by atoms with Crippen molar-refractivity contribution in [3.8, 4) is 11.8 Å². The zero-order valence-corrected chi connectivity index (χ0v) is 12.4. The van der Waals surface area contributed by atoms with Crippen LogP contribution in [0.5, 0.6) is 0 Å². The molecular weight excluding hydrogens is 262 g/mol. The Morgan fingerprint density at radius 3 is 2.57 bits per heavy atom. The van der Waals surface area contributed by atoms with Crippen LogP contribution in [0.4, 0.5) is 0 Å². The molecule has 21 heavy (non-hydrogen) atoms. The van der Waals surface area contributed by atoms with Crippen LogP contribution in [0.3, 0.4) is 0 Å². The van der Waals surface area contributed by atoms with Gasteiger partial charge in [0.25, 0.3) is 5.91 Å². The fourth-order valence-electron chi connectivity index (χ4n) is 2.91. The minimum Gasteiger partial charge on any atom is -0.384 e. The number of carbonyl (C=O) groups is 1. The molecule has 0 aliphatic heterocycles. The molecular formula is C18H21NO2. The van der Waals surface area contributed by atoms with Crippen molar-refractivity contribution < 1.29 is 9.90 Å². The first-order chi connectivity index (χ1) is 10.2. The third-order valence-electron chi connectivity index (χ3n) is 4.44. The van der Waals surface area contributed by atoms with Crippen LogP contribution < -0.4 is 5.32 Å². The highest BCUT2D eigenvalue weighted by Gasteiger charge is 2.42. The summed E-state index contributed by atoms with van der Waals surface area (Å²) in [6.07, 6.45) is 5.01. The van der Waals surface area contributed by atoms with Crippen molar-refractivity contribution in [1.82, 2.24) is 5.32 Å². The summed E-state index contributed by atoms with van der Waals surface area (Å²) < 4.78 is 0. The smallest absolute Gasteiger partial charge is 0.251 e. The fourth-order valence-corrected chi connectivity index (χ4v) is 2.91. The second-order valence-electron chi connectivity index (χ2n) is 6.11. The minimum absolute atomic E-state index is 0.0175. The van der Waals surface area contributed by atoms with E-state index >= 15 is 0 Å². The van der Waals surface area contributed by atoms with Crippen molar-refractivity contribution in [3.05, 3.63) is 34.9 Å². The van der Waals surface area contributed by atoms with E-state index in [1.807, 2.05) is 25.1 Å². The fraction of sp³-hybridized carbons (Fsp3) is 0.500. The molecule has 0 atom stereocenters. The Kier molecular flexibility index (Phi) is 3.98. The lowest BCUT2D eigenvalue weighted by Gasteiger charge is -2.18. The summed E-state index contributed by atoms with van der Waals surface area (Å²) in [6.45, 7) is 1.75. The van der Waals surface area contributed by atoms with E-state index in [1.165, 1.54) is 25.7 Å². The first-order valence-corrected chi connectivity index (χ1v) is 7.71. The first kappa shape index (κ1) is 14.2. The largest absolute Gasteiger partial charge is 0.384 e. The summed E-state index contributed by atoms with van der Waals surface area (Å²) >= 11 is 0. The quantitative estimate of drug-likeness (QED) is 0.833. The van der Waals surface area contributed by atoms with E-state index < -0.39 is 0 Å². The van der Waals surface area contributed by atoms with Crippen LogP contribution in [0, 0.1) is 30.6 Å². The highest BCUT2D eigenvalue weighted by Crippen LogP contribution is 2.44. The van der Waals surface area contributed by atoms with Crippen molar-refractivity contribution in [3.63, 3.8) is 0 Å². The van der Waals surface area contributed by atoms with Gasteiger partial charge >= 0.3 is 0 Å². The molecule has 2 saturated carbocycles. The van der Waals surface area contributed by atoms with Crippen molar-refractivity contribution in [2.24, 2.45) is 11.8 Å². The number of amides is 1. The van der Waals surface area contributed by atoms with Crippen LogP contribution >= 0.6 is 0 Å². The summed E-state index contributed by atoms with van der Waals surface area (Å²) in [4.78, 5) is 12.6. The number of benzene rings is 1. The molecule has 0 spiro atoms. The predicted molar refractivity (Wildman–Crippen MR) is 81.8 cm³/mol. The van der Waals surface area contributed by atoms with Crippen LogP contribution in [-0.2, 0) is 0 Å². The van der Waals surface area contributed by atoms with Crippen molar-refractivity contribution >= 4 is 5.91 Å². The van der Waals surface area contributed by atoms with Gasteiger partial charge in [0.05, 0.1) is 0 Å². The lowest BCUT2D eigenvalue weighted by molar-refractivity contribution is 0.0925. The van der Waals surface area contributed by atoms with E-state index in [4.69, 9.17) is 5.11 Å². The summed E-state index contributed by atoms with van der Waals surface area (Å²) in [5.41, 5.74) is 2.40. The molecule has 3 heteroatoms. The van der Waals surface area contributed by atoms with Gasteiger partial charge in [-0.05, 0) is 62.1 Å². The third-order valence-corrected chi connectivity index (χ3v) is 4.44. The molecule has 0 aromatic heterocycles. The average molecular weight is 283 g/mol. The Hall–Kier alpha value is -1.79. The summed E-state index contributed by atoms with van der Waals surface area (Å²) in [5, 5.41) is 12.0. The number of aliphatic hydroxyl groups is 1. The molecule has 0 unspecified atom stereocenters. The Bertz CT molecular complexity index is 591. The highest BCUT2D eigenvalue weighted by molar-refractivity contribution is 5.96. The zero-order valence-electron chi connectivity index (χ0n) is 12.4. The molecule has 2 fully saturated rings. The number of hydrogen-bond acceptors (Lipinski definition) is 2. The van der Waals surface area contributed by atoms with Gasteiger partial charge in [-0.3, -0.25) is 4.79 Å². The number of rotatable bonds is 4. The predicted octanol–water partition coefficient (Wildman–Crippen LogP) is 2.26. The van der Waals surface area contributed by atoms with Gasteiger partial charge in [-0.2, -0.15) is 0 Å². The lowest BCUT2D eigenvalue weighted by Crippen LogP contribution is -2.38. The van der Waals surface area contributed by atoms with E-state index in [1.54, 1.807) is 0 Å². The summed E-state index contributed by atoms with van der Waals surface area (Å²) in [5.74, 6) is 6.95. The first-order valence-electron chi connectivity index (χ1n) is 7.71. The van der Waals surface area contributed by atoms with Crippen molar-refractivity contribution in [2.45, 2.75) is 38.6 Å². The van der Waals surface area contributed by atoms with E-state index in [9.17, 15) is 4.79 Å². The summed E-state index contributed by atoms with van der Waals surface area (Å²) in [7, 11) is 0. The molecule has 3 nitrogen and oxygen atoms in total. The SMILES string of the molecule is Cc1c(C#CCO)cccc1C(=O)NC(C1CC1)C1CC1. The van der Waals surface area contributed by atoms with Crippen LogP contribution in [0.25, 0.3) is 0 Å². The molecule has 0 heterocycles. The van der Waals surface area contributed by atoms with Crippen LogP contribution in [0.2, 0.25) is 0 Å². The van der Waals surface area contributed by atoms with Gasteiger partial charge in [-0.25, -0.2) is 0 Å². The second kappa shape index (κ2) is 5.91. The molecule has 2 N–H and O–H groups in total. The lowest BCUT2D eigenvalue weighted by atomic mass is 10.0. The van der Waals surface area contributed by atoms with E-state index in [0.717, 1.165) is 11.1 Å². The molecule has 0 saturated heterocycles. The Morgan fingerprint density at radius 2 is 2.00 bits per heavy atom. The molecule has 2 aliphatic carbocycles. The van der Waals surface area contributed by atoms with Crippen LogP contribution in [-0.4, -0.2) is 23.7 Å². The van der Waals surface area contributed by atoms with Gasteiger partial charge in [0.2, 0.25) is 0 Å². The second-order valence-corrected chi connectivity index (χ2v) is 6.11. The molecule has 0 bridgehead atoms. The van der Waals surface area contributed by atoms with Gasteiger partial charge in [-0.1, -0.05) is 17.9 Å². The molecule has 3 rings (SSSR count). The maximum atomic E-state index is 12.6. The average Bonchev–Trinajstić information content (AvgIpc) is 3.37. The number of aliphatic hydroxyl groups excluding tert-OH is 1. The minimum atomic E-state index is -0.165. The number of carbonyl (C=O) groups excluding carboxylic acids is 1. The van der Waals surface area contributed by atoms with Gasteiger partial charge in [-0.15, -0.1) is 0 Å². The Morgan fingerprint density at radius 1 is 1.33 bits per heavy atom. The normalized spacial score (nSPS) is 17.3. The Labute approximate surface area is 125 Å². The van der Waals surface area contributed by atoms with Gasteiger partial charge in [0.1, 0.15) is 6.61 Å². The zero-order chi connectivity index (χ0) is 14.8. The van der Waals surface area contributed by atoms with Crippen LogP contribution in [0.15, 0.2) is 18.2 Å². The third kappa shape index (κ3) is 3.28. The van der Waals surface area contributed by atoms with Gasteiger partial charge in [0.15, 0.2) is 0 Å².